The van der Waals surface area contributed by atoms with Crippen LogP contribution in [0, 0.1) is 6.92 Å². The van der Waals surface area contributed by atoms with E-state index in [0.29, 0.717) is 6.42 Å². The Labute approximate surface area is 151 Å². The van der Waals surface area contributed by atoms with Crippen LogP contribution in [-0.2, 0) is 19.0 Å². The van der Waals surface area contributed by atoms with Crippen molar-refractivity contribution in [3.63, 3.8) is 0 Å². The number of benzene rings is 1. The van der Waals surface area contributed by atoms with E-state index < -0.39 is 28.0 Å². The van der Waals surface area contributed by atoms with E-state index in [1.165, 1.54) is 17.0 Å². The zero-order valence-corrected chi connectivity index (χ0v) is 16.9. The Morgan fingerprint density at radius 3 is 2.08 bits per heavy atom. The van der Waals surface area contributed by atoms with Crippen molar-refractivity contribution in [2.75, 3.05) is 0 Å². The minimum absolute atomic E-state index is 0.0597. The van der Waals surface area contributed by atoms with Crippen LogP contribution in [0.25, 0.3) is 0 Å². The quantitative estimate of drug-likeness (QED) is 0.556. The molecule has 0 N–H and O–H groups in total. The smallest absolute Gasteiger partial charge is 0.412 e. The van der Waals surface area contributed by atoms with Crippen LogP contribution in [0.1, 0.15) is 53.5 Å². The average molecular weight is 371 g/mol. The van der Waals surface area contributed by atoms with Gasteiger partial charge in [0.25, 0.3) is 10.1 Å². The van der Waals surface area contributed by atoms with Crippen LogP contribution >= 0.6 is 0 Å². The molecule has 0 heterocycles. The lowest BCUT2D eigenvalue weighted by molar-refractivity contribution is -0.0306. The van der Waals surface area contributed by atoms with Gasteiger partial charge < -0.3 is 4.74 Å². The summed E-state index contributed by atoms with van der Waals surface area (Å²) < 4.78 is 35.9. The molecule has 1 atom stereocenters. The summed E-state index contributed by atoms with van der Waals surface area (Å²) in [7, 11) is -3.99. The normalized spacial score (nSPS) is 13.6. The van der Waals surface area contributed by atoms with Crippen LogP contribution in [-0.4, -0.2) is 37.3 Å². The van der Waals surface area contributed by atoms with Gasteiger partial charge in [0.1, 0.15) is 5.60 Å². The minimum Gasteiger partial charge on any atom is -0.444 e. The number of nitrogens with zero attached hydrogens (tertiary/aromatic N) is 1. The van der Waals surface area contributed by atoms with Crippen LogP contribution in [0.2, 0.25) is 0 Å². The zero-order valence-electron chi connectivity index (χ0n) is 16.1. The fraction of sp³-hybridized carbons (Fsp3) is 0.611. The molecule has 1 aromatic carbocycles. The second kappa shape index (κ2) is 8.19. The Kier molecular flexibility index (Phi) is 7.02. The van der Waals surface area contributed by atoms with Gasteiger partial charge in [-0.3, -0.25) is 4.90 Å². The van der Waals surface area contributed by atoms with E-state index in [4.69, 9.17) is 8.92 Å². The molecule has 1 rings (SSSR count). The predicted molar refractivity (Wildman–Crippen MR) is 96.7 cm³/mol. The van der Waals surface area contributed by atoms with Crippen molar-refractivity contribution < 1.29 is 22.1 Å². The van der Waals surface area contributed by atoms with E-state index in [1.54, 1.807) is 53.7 Å². The Morgan fingerprint density at radius 1 is 1.16 bits per heavy atom. The third-order valence-electron chi connectivity index (χ3n) is 3.37. The number of carbonyl (C=O) groups excluding carboxylic acids is 1. The SMILES string of the molecule is CCC(OS(=O)(=O)c1ccc(C)cc1)N(C(=O)OC(C)(C)C)C(C)C. The largest absolute Gasteiger partial charge is 0.444 e. The van der Waals surface area contributed by atoms with Gasteiger partial charge in [-0.25, -0.2) is 8.98 Å². The molecule has 0 aliphatic carbocycles. The molecule has 7 heteroatoms. The zero-order chi connectivity index (χ0) is 19.4. The number of ether oxygens (including phenoxy) is 1. The van der Waals surface area contributed by atoms with Crippen LogP contribution < -0.4 is 0 Å². The van der Waals surface area contributed by atoms with E-state index >= 15 is 0 Å². The number of amides is 1. The van der Waals surface area contributed by atoms with Gasteiger partial charge in [0, 0.05) is 6.04 Å². The maximum Gasteiger partial charge on any atom is 0.412 e. The van der Waals surface area contributed by atoms with Crippen LogP contribution in [0.3, 0.4) is 0 Å². The highest BCUT2D eigenvalue weighted by Crippen LogP contribution is 2.22. The molecule has 142 valence electrons. The Morgan fingerprint density at radius 2 is 1.68 bits per heavy atom. The summed E-state index contributed by atoms with van der Waals surface area (Å²) in [6.07, 6.45) is -1.24. The second-order valence-electron chi connectivity index (χ2n) is 7.21. The molecule has 0 spiro atoms. The summed E-state index contributed by atoms with van der Waals surface area (Å²) in [4.78, 5) is 13.9. The lowest BCUT2D eigenvalue weighted by Crippen LogP contribution is -2.48. The van der Waals surface area contributed by atoms with Crippen molar-refractivity contribution in [3.05, 3.63) is 29.8 Å². The lowest BCUT2D eigenvalue weighted by Gasteiger charge is -2.35. The van der Waals surface area contributed by atoms with Crippen LogP contribution in [0.15, 0.2) is 29.2 Å². The standard InChI is InChI=1S/C18H29NO5S/c1-8-16(19(13(2)3)17(20)23-18(5,6)7)24-25(21,22)15-11-9-14(4)10-12-15/h9-13,16H,8H2,1-7H3. The summed E-state index contributed by atoms with van der Waals surface area (Å²) in [6.45, 7) is 12.5. The first-order chi connectivity index (χ1) is 11.4. The monoisotopic (exact) mass is 371 g/mol. The van der Waals surface area contributed by atoms with Gasteiger partial charge in [0.2, 0.25) is 0 Å². The topological polar surface area (TPSA) is 72.9 Å². The summed E-state index contributed by atoms with van der Waals surface area (Å²) in [5.41, 5.74) is 0.266. The Balaban J connectivity index is 3.08. The summed E-state index contributed by atoms with van der Waals surface area (Å²) >= 11 is 0. The highest BCUT2D eigenvalue weighted by Gasteiger charge is 2.33. The molecule has 25 heavy (non-hydrogen) atoms. The highest BCUT2D eigenvalue weighted by atomic mass is 32.2. The fourth-order valence-electron chi connectivity index (χ4n) is 2.19. The molecule has 0 saturated heterocycles. The fourth-order valence-corrected chi connectivity index (χ4v) is 3.30. The number of hydrogen-bond donors (Lipinski definition) is 0. The molecule has 0 bridgehead atoms. The maximum absolute atomic E-state index is 12.5. The second-order valence-corrected chi connectivity index (χ2v) is 8.78. The molecule has 1 aromatic rings. The molecule has 0 aliphatic heterocycles. The Bertz CT molecular complexity index is 674. The predicted octanol–water partition coefficient (Wildman–Crippen LogP) is 4.08. The van der Waals surface area contributed by atoms with Crippen molar-refractivity contribution in [1.29, 1.82) is 0 Å². The van der Waals surface area contributed by atoms with Crippen LogP contribution in [0.4, 0.5) is 4.79 Å². The summed E-state index contributed by atoms with van der Waals surface area (Å²) in [6, 6.07) is 6.10. The molecule has 0 radical (unpaired) electrons. The van der Waals surface area contributed by atoms with Crippen molar-refractivity contribution in [1.82, 2.24) is 4.90 Å². The number of hydrogen-bond acceptors (Lipinski definition) is 5. The van der Waals surface area contributed by atoms with E-state index in [0.717, 1.165) is 5.56 Å². The number of carbonyl (C=O) groups is 1. The van der Waals surface area contributed by atoms with Gasteiger partial charge >= 0.3 is 6.09 Å². The van der Waals surface area contributed by atoms with Crippen molar-refractivity contribution in [3.8, 4) is 0 Å². The molecule has 6 nitrogen and oxygen atoms in total. The first-order valence-corrected chi connectivity index (χ1v) is 9.79. The molecule has 0 saturated carbocycles. The van der Waals surface area contributed by atoms with Gasteiger partial charge in [-0.1, -0.05) is 24.6 Å². The molecular formula is C18H29NO5S. The van der Waals surface area contributed by atoms with Gasteiger partial charge in [-0.05, 0) is 60.1 Å². The van der Waals surface area contributed by atoms with Gasteiger partial charge in [-0.15, -0.1) is 0 Å². The first kappa shape index (κ1) is 21.4. The van der Waals surface area contributed by atoms with Crippen LogP contribution in [0.5, 0.6) is 0 Å². The minimum atomic E-state index is -3.99. The van der Waals surface area contributed by atoms with E-state index in [2.05, 4.69) is 0 Å². The maximum atomic E-state index is 12.5. The van der Waals surface area contributed by atoms with Gasteiger partial charge in [0.05, 0.1) is 4.90 Å². The van der Waals surface area contributed by atoms with E-state index in [1.807, 2.05) is 6.92 Å². The third-order valence-corrected chi connectivity index (χ3v) is 4.69. The number of aryl methyl sites for hydroxylation is 1. The molecule has 0 aromatic heterocycles. The van der Waals surface area contributed by atoms with Crippen molar-refractivity contribution in [2.45, 2.75) is 77.7 Å². The molecule has 1 amide bonds. The van der Waals surface area contributed by atoms with Gasteiger partial charge in [0.15, 0.2) is 6.23 Å². The molecular weight excluding hydrogens is 342 g/mol. The number of rotatable bonds is 6. The summed E-state index contributed by atoms with van der Waals surface area (Å²) in [5, 5.41) is 0. The lowest BCUT2D eigenvalue weighted by atomic mass is 10.2. The summed E-state index contributed by atoms with van der Waals surface area (Å²) in [5.74, 6) is 0. The molecule has 0 aliphatic rings. The first-order valence-electron chi connectivity index (χ1n) is 8.38. The average Bonchev–Trinajstić information content (AvgIpc) is 2.44. The van der Waals surface area contributed by atoms with Crippen molar-refractivity contribution in [2.24, 2.45) is 0 Å². The third kappa shape index (κ3) is 6.32. The van der Waals surface area contributed by atoms with E-state index in [9.17, 15) is 13.2 Å². The highest BCUT2D eigenvalue weighted by molar-refractivity contribution is 7.86. The van der Waals surface area contributed by atoms with Gasteiger partial charge in [-0.2, -0.15) is 8.42 Å². The van der Waals surface area contributed by atoms with E-state index in [-0.39, 0.29) is 10.9 Å². The molecule has 0 fully saturated rings. The molecule has 1 unspecified atom stereocenters. The Hall–Kier alpha value is -1.60. The van der Waals surface area contributed by atoms with Crippen molar-refractivity contribution >= 4 is 16.2 Å².